The number of benzene rings is 2. The third-order valence-electron chi connectivity index (χ3n) is 7.52. The van der Waals surface area contributed by atoms with E-state index in [-0.39, 0.29) is 35.8 Å². The van der Waals surface area contributed by atoms with Crippen LogP contribution in [0.25, 0.3) is 0 Å². The monoisotopic (exact) mass is 599 g/mol. The number of fused-ring (bicyclic) bond motifs is 1. The number of rotatable bonds is 9. The fourth-order valence-corrected chi connectivity index (χ4v) is 6.35. The molecule has 0 radical (unpaired) electrons. The lowest BCUT2D eigenvalue weighted by Crippen LogP contribution is -2.51. The number of amides is 3. The normalized spacial score (nSPS) is 20.9. The number of piperidine rings is 1. The minimum atomic E-state index is -4.68. The highest BCUT2D eigenvalue weighted by Gasteiger charge is 2.61. The summed E-state index contributed by atoms with van der Waals surface area (Å²) in [6, 6.07) is 15.8. The van der Waals surface area contributed by atoms with Gasteiger partial charge in [-0.3, -0.25) is 19.8 Å². The van der Waals surface area contributed by atoms with E-state index in [2.05, 4.69) is 10.6 Å². The Balaban J connectivity index is 1.18. The first-order chi connectivity index (χ1) is 19.9. The van der Waals surface area contributed by atoms with E-state index in [9.17, 15) is 27.6 Å². The Hall–Kier alpha value is -4.39. The van der Waals surface area contributed by atoms with E-state index in [1.165, 1.54) is 4.90 Å². The van der Waals surface area contributed by atoms with Crippen molar-refractivity contribution in [2.75, 3.05) is 6.54 Å². The second-order valence-corrected chi connectivity index (χ2v) is 11.4. The van der Waals surface area contributed by atoms with Gasteiger partial charge in [0.1, 0.15) is 28.3 Å². The zero-order chi connectivity index (χ0) is 30.2. The molecule has 5 rings (SSSR count). The molecule has 1 aromatic heterocycles. The molecule has 220 valence electrons. The standard InChI is InChI=1S/C29H28F3N5O4S/c1-15-20-12-22(28(40)35-13-19-11-21(26(33)34)25(42-19)29(30,31)32)37(24(15)20)23(38)14-36-27(39)16-7-9-18(10-8-16)41-17-5-3-2-4-6-17/h2-11,15,20,22,24H,12-14H2,1H3,(H3,33,34)(H,35,40)(H,36,39). The Bertz CT molecular complexity index is 1510. The predicted molar refractivity (Wildman–Crippen MR) is 149 cm³/mol. The molecule has 0 spiro atoms. The van der Waals surface area contributed by atoms with E-state index in [1.54, 1.807) is 36.4 Å². The number of alkyl halides is 3. The van der Waals surface area contributed by atoms with Crippen molar-refractivity contribution in [1.29, 1.82) is 5.41 Å². The minimum Gasteiger partial charge on any atom is -0.457 e. The molecular weight excluding hydrogens is 571 g/mol. The molecule has 2 aliphatic rings. The first-order valence-electron chi connectivity index (χ1n) is 13.2. The molecule has 2 fully saturated rings. The highest BCUT2D eigenvalue weighted by atomic mass is 32.1. The molecule has 13 heteroatoms. The number of nitrogens with two attached hydrogens (primary N) is 1. The van der Waals surface area contributed by atoms with Gasteiger partial charge in [0.05, 0.1) is 13.1 Å². The average molecular weight is 600 g/mol. The average Bonchev–Trinajstić information content (AvgIpc) is 3.30. The van der Waals surface area contributed by atoms with Gasteiger partial charge in [-0.15, -0.1) is 11.3 Å². The van der Waals surface area contributed by atoms with Crippen LogP contribution in [-0.2, 0) is 22.3 Å². The zero-order valence-electron chi connectivity index (χ0n) is 22.4. The highest BCUT2D eigenvalue weighted by Crippen LogP contribution is 2.53. The van der Waals surface area contributed by atoms with Crippen molar-refractivity contribution in [3.63, 3.8) is 0 Å². The molecule has 1 aliphatic heterocycles. The fraction of sp³-hybridized carbons (Fsp3) is 0.310. The van der Waals surface area contributed by atoms with Crippen molar-refractivity contribution in [2.45, 2.75) is 38.1 Å². The summed E-state index contributed by atoms with van der Waals surface area (Å²) < 4.78 is 45.7. The van der Waals surface area contributed by atoms with Crippen molar-refractivity contribution in [3.05, 3.63) is 81.5 Å². The van der Waals surface area contributed by atoms with Crippen LogP contribution in [0.3, 0.4) is 0 Å². The number of ether oxygens (including phenoxy) is 1. The van der Waals surface area contributed by atoms with Crippen LogP contribution in [0.2, 0.25) is 0 Å². The highest BCUT2D eigenvalue weighted by molar-refractivity contribution is 7.12. The lowest BCUT2D eigenvalue weighted by molar-refractivity contribution is -0.139. The third kappa shape index (κ3) is 6.10. The lowest BCUT2D eigenvalue weighted by Gasteiger charge is -2.28. The van der Waals surface area contributed by atoms with Crippen LogP contribution in [0.15, 0.2) is 60.7 Å². The first-order valence-corrected chi connectivity index (χ1v) is 14.0. The summed E-state index contributed by atoms with van der Waals surface area (Å²) in [6.45, 7) is 1.46. The van der Waals surface area contributed by atoms with Gasteiger partial charge >= 0.3 is 6.18 Å². The maximum atomic E-state index is 13.3. The number of carbonyl (C=O) groups is 3. The summed E-state index contributed by atoms with van der Waals surface area (Å²) >= 11 is 0.410. The number of halogens is 3. The van der Waals surface area contributed by atoms with Gasteiger partial charge in [-0.2, -0.15) is 13.2 Å². The van der Waals surface area contributed by atoms with Crippen molar-refractivity contribution in [1.82, 2.24) is 15.5 Å². The Morgan fingerprint density at radius 1 is 1.07 bits per heavy atom. The summed E-state index contributed by atoms with van der Waals surface area (Å²) in [6.07, 6.45) is -4.25. The van der Waals surface area contributed by atoms with Gasteiger partial charge in [0.2, 0.25) is 11.8 Å². The molecule has 2 aromatic carbocycles. The lowest BCUT2D eigenvalue weighted by atomic mass is 10.1. The molecule has 1 saturated heterocycles. The van der Waals surface area contributed by atoms with Crippen LogP contribution in [0, 0.1) is 17.2 Å². The molecule has 1 aliphatic carbocycles. The van der Waals surface area contributed by atoms with Crippen molar-refractivity contribution in [2.24, 2.45) is 17.6 Å². The van der Waals surface area contributed by atoms with Gasteiger partial charge in [0, 0.05) is 22.0 Å². The van der Waals surface area contributed by atoms with Crippen LogP contribution >= 0.6 is 11.3 Å². The largest absolute Gasteiger partial charge is 0.457 e. The number of carbonyl (C=O) groups excluding carboxylic acids is 3. The molecule has 4 unspecified atom stereocenters. The van der Waals surface area contributed by atoms with Crippen LogP contribution in [-0.4, -0.2) is 47.1 Å². The quantitative estimate of drug-likeness (QED) is 0.217. The second kappa shape index (κ2) is 11.5. The summed E-state index contributed by atoms with van der Waals surface area (Å²) in [4.78, 5) is 39.6. The Morgan fingerprint density at radius 3 is 2.36 bits per heavy atom. The molecule has 0 bridgehead atoms. The number of para-hydroxylation sites is 1. The summed E-state index contributed by atoms with van der Waals surface area (Å²) in [5, 5.41) is 12.7. The number of hydrogen-bond acceptors (Lipinski definition) is 6. The number of nitrogens with one attached hydrogen (secondary N) is 3. The van der Waals surface area contributed by atoms with Crippen LogP contribution in [0.4, 0.5) is 13.2 Å². The van der Waals surface area contributed by atoms with Crippen LogP contribution in [0.5, 0.6) is 11.5 Å². The van der Waals surface area contributed by atoms with E-state index in [4.69, 9.17) is 15.9 Å². The molecule has 9 nitrogen and oxygen atoms in total. The number of amidine groups is 1. The van der Waals surface area contributed by atoms with E-state index < -0.39 is 46.2 Å². The van der Waals surface area contributed by atoms with Gasteiger partial charge in [-0.05, 0) is 60.7 Å². The van der Waals surface area contributed by atoms with E-state index >= 15 is 0 Å². The number of nitrogen functional groups attached to an aromatic ring is 1. The topological polar surface area (TPSA) is 138 Å². The maximum absolute atomic E-state index is 13.3. The molecule has 3 aromatic rings. The Morgan fingerprint density at radius 2 is 1.74 bits per heavy atom. The van der Waals surface area contributed by atoms with Crippen LogP contribution < -0.4 is 21.1 Å². The molecule has 5 N–H and O–H groups in total. The smallest absolute Gasteiger partial charge is 0.426 e. The SMILES string of the molecule is CC1C2CC(C(=O)NCc3cc(C(=N)N)c(C(F)(F)F)s3)N(C(=O)CNC(=O)c3ccc(Oc4ccccc4)cc3)C12. The Kier molecular flexibility index (Phi) is 7.95. The molecule has 3 amide bonds. The summed E-state index contributed by atoms with van der Waals surface area (Å²) in [5.41, 5.74) is 5.21. The van der Waals surface area contributed by atoms with E-state index in [0.29, 0.717) is 34.8 Å². The van der Waals surface area contributed by atoms with Gasteiger partial charge in [0.15, 0.2) is 0 Å². The van der Waals surface area contributed by atoms with Gasteiger partial charge in [-0.25, -0.2) is 0 Å². The minimum absolute atomic E-state index is 0.137. The van der Waals surface area contributed by atoms with Crippen molar-refractivity contribution < 1.29 is 32.3 Å². The predicted octanol–water partition coefficient (Wildman–Crippen LogP) is 4.12. The first kappa shape index (κ1) is 29.1. The van der Waals surface area contributed by atoms with Crippen LogP contribution in [0.1, 0.15) is 39.0 Å². The number of nitrogens with zero attached hydrogens (tertiary/aromatic N) is 1. The second-order valence-electron chi connectivity index (χ2n) is 10.3. The molecule has 42 heavy (non-hydrogen) atoms. The van der Waals surface area contributed by atoms with E-state index in [1.807, 2.05) is 25.1 Å². The molecule has 1 saturated carbocycles. The number of likely N-dealkylation sites (tertiary alicyclic amines) is 1. The van der Waals surface area contributed by atoms with Crippen molar-refractivity contribution >= 4 is 34.9 Å². The fourth-order valence-electron chi connectivity index (χ4n) is 5.37. The van der Waals surface area contributed by atoms with Gasteiger partial charge in [-0.1, -0.05) is 25.1 Å². The zero-order valence-corrected chi connectivity index (χ0v) is 23.2. The third-order valence-corrected chi connectivity index (χ3v) is 8.70. The molecular formula is C29H28F3N5O4S. The number of thiophene rings is 1. The molecule has 2 heterocycles. The summed E-state index contributed by atoms with van der Waals surface area (Å²) in [7, 11) is 0. The van der Waals surface area contributed by atoms with E-state index in [0.717, 1.165) is 6.07 Å². The number of hydrogen-bond donors (Lipinski definition) is 4. The van der Waals surface area contributed by atoms with Gasteiger partial charge < -0.3 is 26.0 Å². The summed E-state index contributed by atoms with van der Waals surface area (Å²) in [5.74, 6) is -0.544. The van der Waals surface area contributed by atoms with Crippen molar-refractivity contribution in [3.8, 4) is 11.5 Å². The Labute approximate surface area is 243 Å². The maximum Gasteiger partial charge on any atom is 0.426 e. The van der Waals surface area contributed by atoms with Gasteiger partial charge in [0.25, 0.3) is 5.91 Å². The molecule has 4 atom stereocenters.